The van der Waals surface area contributed by atoms with E-state index in [2.05, 4.69) is 34.6 Å². The predicted molar refractivity (Wildman–Crippen MR) is 100 cm³/mol. The summed E-state index contributed by atoms with van der Waals surface area (Å²) in [6.45, 7) is 12.3. The molecule has 2 nitrogen and oxygen atoms in total. The van der Waals surface area contributed by atoms with Crippen molar-refractivity contribution < 1.29 is 4.79 Å². The van der Waals surface area contributed by atoms with Crippen molar-refractivity contribution in [3.63, 3.8) is 0 Å². The van der Waals surface area contributed by atoms with Gasteiger partial charge in [0.2, 0.25) is 0 Å². The first-order valence-electron chi connectivity index (χ1n) is 8.94. The Labute approximate surface area is 137 Å². The van der Waals surface area contributed by atoms with E-state index in [9.17, 15) is 4.79 Å². The van der Waals surface area contributed by atoms with E-state index >= 15 is 0 Å². The monoisotopic (exact) mass is 337 g/mol. The number of rotatable bonds is 12. The van der Waals surface area contributed by atoms with Crippen LogP contribution in [0.25, 0.3) is 0 Å². The van der Waals surface area contributed by atoms with Gasteiger partial charge in [-0.1, -0.05) is 0 Å². The van der Waals surface area contributed by atoms with Gasteiger partial charge in [0.15, 0.2) is 0 Å². The Balaban J connectivity index is 5.55. The summed E-state index contributed by atoms with van der Waals surface area (Å²) in [6, 6.07) is 0. The molecule has 0 rings (SSSR count). The molecule has 0 aliphatic heterocycles. The molecule has 128 valence electrons. The van der Waals surface area contributed by atoms with Gasteiger partial charge in [-0.05, 0) is 0 Å². The second kappa shape index (κ2) is 10.1. The molecule has 0 aliphatic carbocycles. The van der Waals surface area contributed by atoms with Crippen LogP contribution in [0.15, 0.2) is 0 Å². The molecule has 21 heavy (non-hydrogen) atoms. The van der Waals surface area contributed by atoms with Crippen LogP contribution in [0.3, 0.4) is 0 Å². The van der Waals surface area contributed by atoms with Gasteiger partial charge in [-0.15, -0.1) is 0 Å². The number of carbonyl (C=O) groups is 1. The molecule has 1 amide bonds. The van der Waals surface area contributed by atoms with Gasteiger partial charge in [0.05, 0.1) is 0 Å². The van der Waals surface area contributed by atoms with Crippen LogP contribution in [-0.4, -0.2) is 42.1 Å². The first-order valence-corrected chi connectivity index (χ1v) is 12.6. The van der Waals surface area contributed by atoms with Crippen LogP contribution in [0.5, 0.6) is 0 Å². The summed E-state index contributed by atoms with van der Waals surface area (Å²) in [7, 11) is 0. The Morgan fingerprint density at radius 3 is 1.38 bits per heavy atom. The average Bonchev–Trinajstić information content (AvgIpc) is 2.50. The Morgan fingerprint density at radius 2 is 1.14 bits per heavy atom. The third-order valence-corrected chi connectivity index (χ3v) is 11.8. The Kier molecular flexibility index (Phi) is 10.1. The molecule has 0 fully saturated rings. The van der Waals surface area contributed by atoms with Gasteiger partial charge in [-0.25, -0.2) is 0 Å². The SMILES string of the molecule is CCCCP(Cl)(CCCC)(CCCC)C(=O)N(CC)CC. The summed E-state index contributed by atoms with van der Waals surface area (Å²) in [4.78, 5) is 15.3. The van der Waals surface area contributed by atoms with Crippen LogP contribution in [-0.2, 0) is 0 Å². The molecule has 0 spiro atoms. The zero-order valence-corrected chi connectivity index (χ0v) is 16.6. The van der Waals surface area contributed by atoms with E-state index in [1.807, 2.05) is 4.90 Å². The number of hydrogen-bond donors (Lipinski definition) is 0. The molecular weight excluding hydrogens is 301 g/mol. The fraction of sp³-hybridized carbons (Fsp3) is 0.941. The van der Waals surface area contributed by atoms with E-state index in [1.165, 1.54) is 0 Å². The molecule has 0 saturated heterocycles. The molecule has 0 saturated carbocycles. The number of carbonyl (C=O) groups excluding carboxylic acids is 1. The van der Waals surface area contributed by atoms with Crippen LogP contribution in [0.2, 0.25) is 0 Å². The minimum atomic E-state index is -2.80. The van der Waals surface area contributed by atoms with Gasteiger partial charge >= 0.3 is 137 Å². The van der Waals surface area contributed by atoms with Gasteiger partial charge in [0.1, 0.15) is 0 Å². The van der Waals surface area contributed by atoms with Crippen molar-refractivity contribution in [1.29, 1.82) is 0 Å². The van der Waals surface area contributed by atoms with Crippen molar-refractivity contribution in [3.05, 3.63) is 0 Å². The van der Waals surface area contributed by atoms with Crippen molar-refractivity contribution in [2.45, 2.75) is 73.1 Å². The molecule has 0 unspecified atom stereocenters. The maximum absolute atomic E-state index is 13.3. The quantitative estimate of drug-likeness (QED) is 0.369. The standard InChI is InChI=1S/C17H37ClNOP/c1-6-11-14-21(18,15-12-7-2,16-13-8-3)17(20)19(9-4)10-5/h6-16H2,1-5H3. The van der Waals surface area contributed by atoms with E-state index in [0.717, 1.165) is 70.1 Å². The van der Waals surface area contributed by atoms with Gasteiger partial charge in [0.25, 0.3) is 0 Å². The topological polar surface area (TPSA) is 20.3 Å². The number of hydrogen-bond acceptors (Lipinski definition) is 1. The van der Waals surface area contributed by atoms with Crippen molar-refractivity contribution in [3.8, 4) is 0 Å². The number of amides is 1. The molecule has 0 aromatic carbocycles. The molecule has 0 heterocycles. The van der Waals surface area contributed by atoms with E-state index in [4.69, 9.17) is 11.2 Å². The second-order valence-corrected chi connectivity index (χ2v) is 13.8. The van der Waals surface area contributed by atoms with Crippen molar-refractivity contribution in [2.24, 2.45) is 0 Å². The Morgan fingerprint density at radius 1 is 0.810 bits per heavy atom. The molecule has 0 radical (unpaired) electrons. The summed E-state index contributed by atoms with van der Waals surface area (Å²) in [5.74, 6) is -2.80. The zero-order chi connectivity index (χ0) is 16.4. The van der Waals surface area contributed by atoms with E-state index < -0.39 is 5.96 Å². The number of nitrogens with zero attached hydrogens (tertiary/aromatic N) is 1. The third kappa shape index (κ3) is 5.71. The van der Waals surface area contributed by atoms with Crippen molar-refractivity contribution in [2.75, 3.05) is 31.6 Å². The molecule has 0 bridgehead atoms. The summed E-state index contributed by atoms with van der Waals surface area (Å²) >= 11 is 7.38. The summed E-state index contributed by atoms with van der Waals surface area (Å²) in [5.41, 5.74) is 0.308. The first kappa shape index (κ1) is 21.2. The maximum atomic E-state index is 13.3. The fourth-order valence-electron chi connectivity index (χ4n) is 3.03. The van der Waals surface area contributed by atoms with Crippen LogP contribution >= 0.6 is 17.2 Å². The Bertz CT molecular complexity index is 281. The predicted octanol–water partition coefficient (Wildman–Crippen LogP) is 6.56. The summed E-state index contributed by atoms with van der Waals surface area (Å²) in [5, 5.41) is 0. The molecular formula is C17H37ClNOP. The molecule has 0 aromatic rings. The molecule has 0 aromatic heterocycles. The molecule has 0 aliphatic rings. The van der Waals surface area contributed by atoms with Crippen molar-refractivity contribution in [1.82, 2.24) is 4.90 Å². The van der Waals surface area contributed by atoms with Gasteiger partial charge in [-0.3, -0.25) is 0 Å². The molecule has 0 N–H and O–H groups in total. The number of unbranched alkanes of at least 4 members (excludes halogenated alkanes) is 3. The normalized spacial score (nSPS) is 13.7. The second-order valence-electron chi connectivity index (χ2n) is 6.27. The van der Waals surface area contributed by atoms with E-state index in [1.54, 1.807) is 0 Å². The van der Waals surface area contributed by atoms with E-state index in [-0.39, 0.29) is 0 Å². The van der Waals surface area contributed by atoms with E-state index in [0.29, 0.717) is 5.65 Å². The molecule has 0 atom stereocenters. The van der Waals surface area contributed by atoms with Crippen LogP contribution in [0.1, 0.15) is 73.1 Å². The fourth-order valence-corrected chi connectivity index (χ4v) is 9.79. The average molecular weight is 338 g/mol. The Hall–Kier alpha value is 0.190. The zero-order valence-electron chi connectivity index (χ0n) is 15.0. The number of halogens is 1. The summed E-state index contributed by atoms with van der Waals surface area (Å²) < 4.78 is 0. The third-order valence-electron chi connectivity index (χ3n) is 4.58. The van der Waals surface area contributed by atoms with Gasteiger partial charge < -0.3 is 0 Å². The molecule has 4 heteroatoms. The van der Waals surface area contributed by atoms with Crippen LogP contribution < -0.4 is 0 Å². The van der Waals surface area contributed by atoms with Crippen molar-refractivity contribution >= 4 is 22.8 Å². The first-order chi connectivity index (χ1) is 9.92. The van der Waals surface area contributed by atoms with Crippen LogP contribution in [0, 0.1) is 0 Å². The summed E-state index contributed by atoms with van der Waals surface area (Å²) in [6.07, 6.45) is 9.44. The van der Waals surface area contributed by atoms with Crippen LogP contribution in [0.4, 0.5) is 4.79 Å². The minimum absolute atomic E-state index is 0.308. The van der Waals surface area contributed by atoms with Gasteiger partial charge in [0, 0.05) is 0 Å². The van der Waals surface area contributed by atoms with Gasteiger partial charge in [-0.2, -0.15) is 0 Å².